The molecule has 0 N–H and O–H groups in total. The Bertz CT molecular complexity index is 863. The van der Waals surface area contributed by atoms with E-state index in [1.54, 1.807) is 34.9 Å². The van der Waals surface area contributed by atoms with Gasteiger partial charge in [-0.3, -0.25) is 9.59 Å². The zero-order chi connectivity index (χ0) is 18.3. The summed E-state index contributed by atoms with van der Waals surface area (Å²) >= 11 is 0. The Kier molecular flexibility index (Phi) is 4.03. The summed E-state index contributed by atoms with van der Waals surface area (Å²) in [7, 11) is 0. The molecule has 2 amide bonds. The molecule has 2 aromatic carbocycles. The number of amides is 2. The molecule has 2 aliphatic heterocycles. The van der Waals surface area contributed by atoms with Gasteiger partial charge in [-0.1, -0.05) is 17.7 Å². The van der Waals surface area contributed by atoms with E-state index in [0.717, 1.165) is 11.3 Å². The first-order valence-electron chi connectivity index (χ1n) is 8.63. The maximum Gasteiger partial charge on any atom is 0.254 e. The van der Waals surface area contributed by atoms with Gasteiger partial charge < -0.3 is 19.3 Å². The Morgan fingerprint density at radius 3 is 2.54 bits per heavy atom. The van der Waals surface area contributed by atoms with Gasteiger partial charge in [0, 0.05) is 24.3 Å². The highest BCUT2D eigenvalue weighted by atomic mass is 16.7. The fourth-order valence-electron chi connectivity index (χ4n) is 3.32. The van der Waals surface area contributed by atoms with Crippen molar-refractivity contribution >= 4 is 17.5 Å². The third-order valence-electron chi connectivity index (χ3n) is 4.88. The molecule has 2 aliphatic rings. The van der Waals surface area contributed by atoms with E-state index in [9.17, 15) is 9.59 Å². The summed E-state index contributed by atoms with van der Waals surface area (Å²) < 4.78 is 10.6. The Balaban J connectivity index is 1.53. The lowest BCUT2D eigenvalue weighted by atomic mass is 10.1. The zero-order valence-corrected chi connectivity index (χ0v) is 14.8. The molecule has 0 saturated carbocycles. The molecule has 1 fully saturated rings. The van der Waals surface area contributed by atoms with Crippen molar-refractivity contribution in [2.75, 3.05) is 24.8 Å². The van der Waals surface area contributed by atoms with Gasteiger partial charge in [-0.15, -0.1) is 0 Å². The molecule has 0 spiro atoms. The molecule has 0 radical (unpaired) electrons. The maximum absolute atomic E-state index is 12.9. The lowest BCUT2D eigenvalue weighted by Crippen LogP contribution is -2.57. The minimum absolute atomic E-state index is 0.0748. The number of rotatable bonds is 2. The van der Waals surface area contributed by atoms with Gasteiger partial charge in [0.05, 0.1) is 0 Å². The van der Waals surface area contributed by atoms with E-state index in [4.69, 9.17) is 9.47 Å². The molecule has 2 aromatic rings. The van der Waals surface area contributed by atoms with Gasteiger partial charge in [-0.05, 0) is 44.2 Å². The summed E-state index contributed by atoms with van der Waals surface area (Å²) in [4.78, 5) is 29.1. The maximum atomic E-state index is 12.9. The fourth-order valence-corrected chi connectivity index (χ4v) is 3.32. The lowest BCUT2D eigenvalue weighted by molar-refractivity contribution is -0.124. The molecular weight excluding hydrogens is 332 g/mol. The molecule has 26 heavy (non-hydrogen) atoms. The minimum Gasteiger partial charge on any atom is -0.454 e. The van der Waals surface area contributed by atoms with Crippen molar-refractivity contribution in [2.45, 2.75) is 19.9 Å². The van der Waals surface area contributed by atoms with Gasteiger partial charge in [0.2, 0.25) is 12.7 Å². The highest BCUT2D eigenvalue weighted by Crippen LogP contribution is 2.33. The van der Waals surface area contributed by atoms with Crippen LogP contribution in [0.15, 0.2) is 42.5 Å². The summed E-state index contributed by atoms with van der Waals surface area (Å²) in [5.41, 5.74) is 2.51. The average molecular weight is 352 g/mol. The number of hydrogen-bond acceptors (Lipinski definition) is 4. The largest absolute Gasteiger partial charge is 0.454 e. The molecule has 1 atom stereocenters. The number of carbonyl (C=O) groups is 2. The van der Waals surface area contributed by atoms with Crippen LogP contribution in [0.1, 0.15) is 22.8 Å². The van der Waals surface area contributed by atoms with Crippen molar-refractivity contribution in [2.24, 2.45) is 0 Å². The molecule has 1 saturated heterocycles. The van der Waals surface area contributed by atoms with Gasteiger partial charge >= 0.3 is 0 Å². The summed E-state index contributed by atoms with van der Waals surface area (Å²) in [5.74, 6) is 0.949. The van der Waals surface area contributed by atoms with Gasteiger partial charge in [0.25, 0.3) is 5.91 Å². The number of hydrogen-bond donors (Lipinski definition) is 0. The van der Waals surface area contributed by atoms with Crippen LogP contribution < -0.4 is 14.4 Å². The van der Waals surface area contributed by atoms with Crippen LogP contribution in [0.3, 0.4) is 0 Å². The van der Waals surface area contributed by atoms with Gasteiger partial charge in [0.1, 0.15) is 6.04 Å². The molecule has 6 nitrogen and oxygen atoms in total. The van der Waals surface area contributed by atoms with Crippen molar-refractivity contribution in [1.29, 1.82) is 0 Å². The molecule has 4 rings (SSSR count). The first kappa shape index (κ1) is 16.4. The summed E-state index contributed by atoms with van der Waals surface area (Å²) in [6, 6.07) is 12.4. The molecular formula is C20H20N2O4. The van der Waals surface area contributed by atoms with Gasteiger partial charge in [0.15, 0.2) is 11.5 Å². The van der Waals surface area contributed by atoms with Crippen molar-refractivity contribution < 1.29 is 19.1 Å². The Morgan fingerprint density at radius 2 is 1.77 bits per heavy atom. The number of carbonyl (C=O) groups excluding carboxylic acids is 2. The monoisotopic (exact) mass is 352 g/mol. The molecule has 2 heterocycles. The quantitative estimate of drug-likeness (QED) is 0.834. The van der Waals surface area contributed by atoms with E-state index < -0.39 is 6.04 Å². The second-order valence-corrected chi connectivity index (χ2v) is 6.57. The predicted molar refractivity (Wildman–Crippen MR) is 96.6 cm³/mol. The predicted octanol–water partition coefficient (Wildman–Crippen LogP) is 2.60. The van der Waals surface area contributed by atoms with Crippen molar-refractivity contribution in [3.8, 4) is 11.5 Å². The van der Waals surface area contributed by atoms with Crippen LogP contribution in [0.2, 0.25) is 0 Å². The Labute approximate surface area is 151 Å². The summed E-state index contributed by atoms with van der Waals surface area (Å²) in [6.07, 6.45) is 0. The number of ether oxygens (including phenoxy) is 2. The Hall–Kier alpha value is -3.02. The molecule has 0 bridgehead atoms. The average Bonchev–Trinajstić information content (AvgIpc) is 3.12. The number of benzene rings is 2. The number of anilines is 1. The van der Waals surface area contributed by atoms with Crippen molar-refractivity contribution in [3.05, 3.63) is 53.6 Å². The third kappa shape index (κ3) is 2.77. The molecule has 6 heteroatoms. The smallest absolute Gasteiger partial charge is 0.254 e. The Morgan fingerprint density at radius 1 is 1.04 bits per heavy atom. The molecule has 1 unspecified atom stereocenters. The second kappa shape index (κ2) is 6.37. The van der Waals surface area contributed by atoms with E-state index in [0.29, 0.717) is 30.2 Å². The molecule has 134 valence electrons. The lowest BCUT2D eigenvalue weighted by Gasteiger charge is -2.39. The highest BCUT2D eigenvalue weighted by Gasteiger charge is 2.35. The van der Waals surface area contributed by atoms with Gasteiger partial charge in [-0.2, -0.15) is 0 Å². The zero-order valence-electron chi connectivity index (χ0n) is 14.8. The summed E-state index contributed by atoms with van der Waals surface area (Å²) in [5, 5.41) is 0. The normalized spacial score (nSPS) is 19.0. The standard InChI is InChI=1S/C20H20N2O4/c1-13-3-6-16(7-4-13)22-10-9-21(14(2)19(22)23)20(24)15-5-8-17-18(11-15)26-12-25-17/h3-8,11,14H,9-10,12H2,1-2H3. The van der Waals surface area contributed by atoms with Crippen LogP contribution in [0.25, 0.3) is 0 Å². The molecule has 0 aliphatic carbocycles. The SMILES string of the molecule is Cc1ccc(N2CCN(C(=O)c3ccc4c(c3)OCO4)C(C)C2=O)cc1. The van der Waals surface area contributed by atoms with Crippen LogP contribution in [0, 0.1) is 6.92 Å². The van der Waals surface area contributed by atoms with Crippen LogP contribution in [-0.4, -0.2) is 42.6 Å². The number of piperazine rings is 1. The number of nitrogens with zero attached hydrogens (tertiary/aromatic N) is 2. The summed E-state index contributed by atoms with van der Waals surface area (Å²) in [6.45, 7) is 4.90. The fraction of sp³-hybridized carbons (Fsp3) is 0.300. The van der Waals surface area contributed by atoms with E-state index in [1.165, 1.54) is 0 Å². The van der Waals surface area contributed by atoms with Crippen molar-refractivity contribution in [3.63, 3.8) is 0 Å². The van der Waals surface area contributed by atoms with Crippen LogP contribution in [-0.2, 0) is 4.79 Å². The first-order valence-corrected chi connectivity index (χ1v) is 8.63. The van der Waals surface area contributed by atoms with Gasteiger partial charge in [-0.25, -0.2) is 0 Å². The third-order valence-corrected chi connectivity index (χ3v) is 4.88. The minimum atomic E-state index is -0.525. The van der Waals surface area contributed by atoms with E-state index >= 15 is 0 Å². The van der Waals surface area contributed by atoms with Crippen LogP contribution in [0.5, 0.6) is 11.5 Å². The topological polar surface area (TPSA) is 59.1 Å². The van der Waals surface area contributed by atoms with E-state index in [-0.39, 0.29) is 18.6 Å². The highest BCUT2D eigenvalue weighted by molar-refractivity contribution is 6.03. The number of fused-ring (bicyclic) bond motifs is 1. The van der Waals surface area contributed by atoms with E-state index in [2.05, 4.69) is 0 Å². The first-order chi connectivity index (χ1) is 12.5. The van der Waals surface area contributed by atoms with Crippen molar-refractivity contribution in [1.82, 2.24) is 4.90 Å². The number of aryl methyl sites for hydroxylation is 1. The molecule has 0 aromatic heterocycles. The van der Waals surface area contributed by atoms with Crippen LogP contribution >= 0.6 is 0 Å². The van der Waals surface area contributed by atoms with E-state index in [1.807, 2.05) is 31.2 Å². The van der Waals surface area contributed by atoms with Crippen LogP contribution in [0.4, 0.5) is 5.69 Å². The second-order valence-electron chi connectivity index (χ2n) is 6.57.